The zero-order chi connectivity index (χ0) is 32.3. The first kappa shape index (κ1) is 27.6. The van der Waals surface area contributed by atoms with Gasteiger partial charge in [-0.05, 0) is 80.6 Å². The summed E-state index contributed by atoms with van der Waals surface area (Å²) in [6.07, 6.45) is 7.04. The number of nitrogens with zero attached hydrogens (tertiary/aromatic N) is 4. The highest BCUT2D eigenvalue weighted by molar-refractivity contribution is 6.12. The molecule has 1 unspecified atom stereocenters. The molecule has 9 aromatic rings. The third-order valence-electron chi connectivity index (χ3n) is 9.70. The number of rotatable bonds is 4. The van der Waals surface area contributed by atoms with Crippen LogP contribution in [-0.4, -0.2) is 19.9 Å². The Kier molecular flexibility index (Phi) is 6.24. The topological polar surface area (TPSA) is 64.7 Å². The first-order valence-corrected chi connectivity index (χ1v) is 16.6. The fraction of sp³-hybridized carbons (Fsp3) is 0.0455. The first-order chi connectivity index (χ1) is 24.2. The quantitative estimate of drug-likeness (QED) is 0.194. The molecule has 0 aliphatic heterocycles. The van der Waals surface area contributed by atoms with Gasteiger partial charge in [0.1, 0.15) is 11.4 Å². The second-order valence-corrected chi connectivity index (χ2v) is 12.6. The van der Waals surface area contributed by atoms with Gasteiger partial charge in [0.15, 0.2) is 11.6 Å². The number of hydrogen-bond acceptors (Lipinski definition) is 5. The van der Waals surface area contributed by atoms with Crippen molar-refractivity contribution in [2.24, 2.45) is 0 Å². The van der Waals surface area contributed by atoms with E-state index in [1.165, 1.54) is 16.5 Å². The molecule has 1 aliphatic rings. The maximum atomic E-state index is 6.09. The predicted molar refractivity (Wildman–Crippen MR) is 198 cm³/mol. The Balaban J connectivity index is 1.13. The van der Waals surface area contributed by atoms with Gasteiger partial charge in [-0.1, -0.05) is 115 Å². The Morgan fingerprint density at radius 2 is 1.37 bits per heavy atom. The number of hydrogen-bond donors (Lipinski definition) is 0. The molecule has 0 spiro atoms. The molecule has 0 radical (unpaired) electrons. The lowest BCUT2D eigenvalue weighted by Crippen LogP contribution is -2.12. The third-order valence-corrected chi connectivity index (χ3v) is 9.70. The SMILES string of the molecule is C1=CC(c2nc(-c3ccc4ccccc4c3)nc(-c3cccc4cc(-c5cccc6oc7ncccc7c56)ccc34)n2)Cc2ccccc21. The van der Waals surface area contributed by atoms with Gasteiger partial charge in [-0.15, -0.1) is 0 Å². The van der Waals surface area contributed by atoms with Crippen molar-refractivity contribution in [1.29, 1.82) is 0 Å². The van der Waals surface area contributed by atoms with Crippen LogP contribution in [0.5, 0.6) is 0 Å². The standard InChI is InChI=1S/C44H28N4O/c1-3-10-29-24-33(19-17-27(29)8-1)41-46-42(34-20-18-28-9-2-4-11-30(28)25-34)48-43(47-41)37-14-5-12-31-26-32(21-22-35(31)37)36-13-6-16-39-40(36)38-15-7-23-45-44(38)49-39/h1-24,26,34H,25H2. The highest BCUT2D eigenvalue weighted by Gasteiger charge is 2.22. The van der Waals surface area contributed by atoms with E-state index >= 15 is 0 Å². The summed E-state index contributed by atoms with van der Waals surface area (Å²) in [7, 11) is 0. The summed E-state index contributed by atoms with van der Waals surface area (Å²) >= 11 is 0. The minimum atomic E-state index is 0.0391. The van der Waals surface area contributed by atoms with Crippen molar-refractivity contribution in [3.8, 4) is 33.9 Å². The zero-order valence-electron chi connectivity index (χ0n) is 26.4. The molecule has 0 fully saturated rings. The fourth-order valence-electron chi connectivity index (χ4n) is 7.27. The molecule has 5 heteroatoms. The van der Waals surface area contributed by atoms with Gasteiger partial charge >= 0.3 is 0 Å². The van der Waals surface area contributed by atoms with Gasteiger partial charge in [-0.2, -0.15) is 0 Å². The summed E-state index contributed by atoms with van der Waals surface area (Å²) in [5.74, 6) is 2.17. The predicted octanol–water partition coefficient (Wildman–Crippen LogP) is 10.8. The van der Waals surface area contributed by atoms with E-state index in [1.54, 1.807) is 6.20 Å². The van der Waals surface area contributed by atoms with Gasteiger partial charge in [0.25, 0.3) is 0 Å². The molecular formula is C44H28N4O. The summed E-state index contributed by atoms with van der Waals surface area (Å²) in [5, 5.41) is 6.63. The van der Waals surface area contributed by atoms with Crippen molar-refractivity contribution in [3.05, 3.63) is 163 Å². The monoisotopic (exact) mass is 628 g/mol. The molecule has 0 N–H and O–H groups in total. The van der Waals surface area contributed by atoms with Crippen LogP contribution in [0.15, 0.2) is 150 Å². The van der Waals surface area contributed by atoms with Crippen LogP contribution >= 0.6 is 0 Å². The number of fused-ring (bicyclic) bond motifs is 6. The maximum absolute atomic E-state index is 6.09. The number of aromatic nitrogens is 4. The Bertz CT molecular complexity index is 2780. The molecule has 5 nitrogen and oxygen atoms in total. The van der Waals surface area contributed by atoms with Gasteiger partial charge in [0, 0.05) is 34.0 Å². The van der Waals surface area contributed by atoms with Crippen LogP contribution in [0.2, 0.25) is 0 Å². The number of pyridine rings is 1. The van der Waals surface area contributed by atoms with Crippen LogP contribution in [0.25, 0.3) is 83.6 Å². The average molecular weight is 629 g/mol. The lowest BCUT2D eigenvalue weighted by atomic mass is 9.89. The van der Waals surface area contributed by atoms with Crippen molar-refractivity contribution >= 4 is 49.7 Å². The largest absolute Gasteiger partial charge is 0.438 e. The molecule has 0 bridgehead atoms. The van der Waals surface area contributed by atoms with Crippen LogP contribution < -0.4 is 0 Å². The number of furan rings is 1. The van der Waals surface area contributed by atoms with E-state index in [0.29, 0.717) is 17.4 Å². The number of allylic oxidation sites excluding steroid dienone is 1. The van der Waals surface area contributed by atoms with Crippen molar-refractivity contribution in [2.75, 3.05) is 0 Å². The lowest BCUT2D eigenvalue weighted by molar-refractivity contribution is 0.654. The minimum Gasteiger partial charge on any atom is -0.438 e. The van der Waals surface area contributed by atoms with Gasteiger partial charge in [0.05, 0.1) is 0 Å². The summed E-state index contributed by atoms with van der Waals surface area (Å²) in [6, 6.07) is 46.6. The molecule has 3 aromatic heterocycles. The lowest BCUT2D eigenvalue weighted by Gasteiger charge is -2.19. The Morgan fingerprint density at radius 1 is 0.571 bits per heavy atom. The normalized spacial score (nSPS) is 14.2. The molecule has 0 amide bonds. The van der Waals surface area contributed by atoms with E-state index < -0.39 is 0 Å². The van der Waals surface area contributed by atoms with Crippen LogP contribution in [0.4, 0.5) is 0 Å². The number of benzene rings is 6. The molecule has 10 rings (SSSR count). The Hall–Kier alpha value is -6.46. The van der Waals surface area contributed by atoms with Crippen LogP contribution in [-0.2, 0) is 6.42 Å². The average Bonchev–Trinajstić information content (AvgIpc) is 3.56. The van der Waals surface area contributed by atoms with Gasteiger partial charge in [-0.25, -0.2) is 19.9 Å². The Morgan fingerprint density at radius 3 is 2.35 bits per heavy atom. The summed E-state index contributed by atoms with van der Waals surface area (Å²) in [6.45, 7) is 0. The van der Waals surface area contributed by atoms with Gasteiger partial charge in [0.2, 0.25) is 5.71 Å². The van der Waals surface area contributed by atoms with E-state index in [0.717, 1.165) is 67.0 Å². The highest BCUT2D eigenvalue weighted by atomic mass is 16.3. The second kappa shape index (κ2) is 11.1. The Labute approximate surface area is 282 Å². The molecule has 1 atom stereocenters. The molecule has 49 heavy (non-hydrogen) atoms. The van der Waals surface area contributed by atoms with Gasteiger partial charge < -0.3 is 4.42 Å². The molecular weight excluding hydrogens is 601 g/mol. The van der Waals surface area contributed by atoms with Gasteiger partial charge in [-0.3, -0.25) is 0 Å². The van der Waals surface area contributed by atoms with Crippen LogP contribution in [0, 0.1) is 0 Å². The third kappa shape index (κ3) is 4.70. The fourth-order valence-corrected chi connectivity index (χ4v) is 7.27. The van der Waals surface area contributed by atoms with Crippen LogP contribution in [0.1, 0.15) is 22.9 Å². The highest BCUT2D eigenvalue weighted by Crippen LogP contribution is 2.38. The minimum absolute atomic E-state index is 0.0391. The molecule has 0 saturated heterocycles. The first-order valence-electron chi connectivity index (χ1n) is 16.6. The molecule has 1 aliphatic carbocycles. The van der Waals surface area contributed by atoms with E-state index in [-0.39, 0.29) is 5.92 Å². The van der Waals surface area contributed by atoms with E-state index in [4.69, 9.17) is 19.4 Å². The smallest absolute Gasteiger partial charge is 0.227 e. The van der Waals surface area contributed by atoms with Crippen molar-refractivity contribution in [2.45, 2.75) is 12.3 Å². The summed E-state index contributed by atoms with van der Waals surface area (Å²) in [5.41, 5.74) is 8.21. The van der Waals surface area contributed by atoms with Crippen LogP contribution in [0.3, 0.4) is 0 Å². The maximum Gasteiger partial charge on any atom is 0.227 e. The van der Waals surface area contributed by atoms with Crippen molar-refractivity contribution < 1.29 is 4.42 Å². The molecule has 3 heterocycles. The molecule has 6 aromatic carbocycles. The molecule has 230 valence electrons. The van der Waals surface area contributed by atoms with Crippen molar-refractivity contribution in [1.82, 2.24) is 19.9 Å². The second-order valence-electron chi connectivity index (χ2n) is 12.6. The molecule has 0 saturated carbocycles. The summed E-state index contributed by atoms with van der Waals surface area (Å²) in [4.78, 5) is 19.9. The van der Waals surface area contributed by atoms with Crippen molar-refractivity contribution in [3.63, 3.8) is 0 Å². The summed E-state index contributed by atoms with van der Waals surface area (Å²) < 4.78 is 6.09. The van der Waals surface area contributed by atoms with E-state index in [9.17, 15) is 0 Å². The van der Waals surface area contributed by atoms with E-state index in [1.807, 2.05) is 18.2 Å². The zero-order valence-corrected chi connectivity index (χ0v) is 26.4. The van der Waals surface area contributed by atoms with E-state index in [2.05, 4.69) is 132 Å².